The fourth-order valence-corrected chi connectivity index (χ4v) is 5.69. The number of aryl methyl sites for hydroxylation is 1. The molecule has 2 N–H and O–H groups in total. The second-order valence-electron chi connectivity index (χ2n) is 10.2. The normalized spacial score (nSPS) is 14.8. The molecule has 0 aliphatic carbocycles. The van der Waals surface area contributed by atoms with Crippen molar-refractivity contribution in [3.05, 3.63) is 131 Å². The molecule has 0 radical (unpaired) electrons. The third-order valence-electron chi connectivity index (χ3n) is 7.04. The predicted octanol–water partition coefficient (Wildman–Crippen LogP) is 6.03. The van der Waals surface area contributed by atoms with Crippen LogP contribution in [0.25, 0.3) is 6.08 Å². The summed E-state index contributed by atoms with van der Waals surface area (Å²) in [5, 5.41) is 4.97. The van der Waals surface area contributed by atoms with Crippen LogP contribution in [0.3, 0.4) is 0 Å². The van der Waals surface area contributed by atoms with Crippen LogP contribution in [0.15, 0.2) is 114 Å². The number of amides is 4. The minimum atomic E-state index is -0.604. The van der Waals surface area contributed by atoms with E-state index in [2.05, 4.69) is 10.6 Å². The number of hydrogen-bond acceptors (Lipinski definition) is 6. The molecule has 0 saturated carbocycles. The maximum absolute atomic E-state index is 13.4. The van der Waals surface area contributed by atoms with Crippen LogP contribution in [0, 0.1) is 6.92 Å². The van der Waals surface area contributed by atoms with Crippen LogP contribution in [-0.4, -0.2) is 34.7 Å². The van der Waals surface area contributed by atoms with Gasteiger partial charge in [-0.05, 0) is 91.7 Å². The number of benzene rings is 4. The van der Waals surface area contributed by atoms with Crippen molar-refractivity contribution < 1.29 is 24.0 Å². The second kappa shape index (κ2) is 13.4. The summed E-state index contributed by atoms with van der Waals surface area (Å²) in [7, 11) is 0. The van der Waals surface area contributed by atoms with Crippen LogP contribution in [0.1, 0.15) is 45.2 Å². The first-order chi connectivity index (χ1) is 21.2. The lowest BCUT2D eigenvalue weighted by atomic mass is 10.1. The molecule has 0 spiro atoms. The molecule has 1 heterocycles. The molecule has 44 heavy (non-hydrogen) atoms. The number of thioether (sulfide) groups is 1. The lowest BCUT2D eigenvalue weighted by Gasteiger charge is -2.15. The molecule has 5 rings (SSSR count). The molecule has 4 aromatic carbocycles. The third-order valence-corrected chi connectivity index (χ3v) is 8.24. The highest BCUT2D eigenvalue weighted by Crippen LogP contribution is 2.34. The van der Waals surface area contributed by atoms with Gasteiger partial charge in [-0.1, -0.05) is 42.5 Å². The Morgan fingerprint density at radius 1 is 0.818 bits per heavy atom. The summed E-state index contributed by atoms with van der Waals surface area (Å²) in [6.45, 7) is 3.37. The summed E-state index contributed by atoms with van der Waals surface area (Å²) >= 11 is 1.27. The molecule has 1 aliphatic heterocycles. The zero-order chi connectivity index (χ0) is 31.2. The van der Waals surface area contributed by atoms with Gasteiger partial charge in [-0.2, -0.15) is 0 Å². The van der Waals surface area contributed by atoms with Crippen molar-refractivity contribution in [3.8, 4) is 0 Å². The Morgan fingerprint density at radius 2 is 1.48 bits per heavy atom. The van der Waals surface area contributed by atoms with E-state index in [1.54, 1.807) is 84.9 Å². The lowest BCUT2D eigenvalue weighted by molar-refractivity contribution is -0.121. The molecule has 220 valence electrons. The highest BCUT2D eigenvalue weighted by atomic mass is 32.2. The van der Waals surface area contributed by atoms with Gasteiger partial charge in [0.15, 0.2) is 5.78 Å². The Bertz CT molecular complexity index is 1770. The van der Waals surface area contributed by atoms with Crippen molar-refractivity contribution in [3.63, 3.8) is 0 Å². The molecule has 4 aromatic rings. The second-order valence-corrected chi connectivity index (χ2v) is 11.5. The van der Waals surface area contributed by atoms with Crippen LogP contribution in [0.2, 0.25) is 0 Å². The predicted molar refractivity (Wildman–Crippen MR) is 171 cm³/mol. The molecule has 1 aliphatic rings. The van der Waals surface area contributed by atoms with E-state index in [1.165, 1.54) is 18.7 Å². The Hall–Kier alpha value is -5.28. The largest absolute Gasteiger partial charge is 0.321 e. The van der Waals surface area contributed by atoms with Crippen molar-refractivity contribution >= 4 is 58.6 Å². The van der Waals surface area contributed by atoms with Crippen molar-refractivity contribution in [2.75, 3.05) is 10.2 Å². The smallest absolute Gasteiger partial charge is 0.272 e. The number of imide groups is 1. The topological polar surface area (TPSA) is 113 Å². The van der Waals surface area contributed by atoms with Crippen molar-refractivity contribution in [2.24, 2.45) is 0 Å². The average molecular weight is 604 g/mol. The molecule has 9 heteroatoms. The fourth-order valence-electron chi connectivity index (χ4n) is 4.64. The Balaban J connectivity index is 1.27. The highest BCUT2D eigenvalue weighted by molar-refractivity contribution is 8.00. The lowest BCUT2D eigenvalue weighted by Crippen LogP contribution is -2.31. The average Bonchev–Trinajstić information content (AvgIpc) is 3.30. The zero-order valence-electron chi connectivity index (χ0n) is 24.1. The summed E-state index contributed by atoms with van der Waals surface area (Å²) in [5.74, 6) is -1.64. The van der Waals surface area contributed by atoms with Gasteiger partial charge < -0.3 is 10.6 Å². The summed E-state index contributed by atoms with van der Waals surface area (Å²) in [6.07, 6.45) is 1.68. The molecule has 1 unspecified atom stereocenters. The van der Waals surface area contributed by atoms with E-state index in [-0.39, 0.29) is 29.7 Å². The molecular weight excluding hydrogens is 574 g/mol. The summed E-state index contributed by atoms with van der Waals surface area (Å²) in [6, 6.07) is 29.5. The van der Waals surface area contributed by atoms with E-state index in [0.717, 1.165) is 20.9 Å². The quantitative estimate of drug-likeness (QED) is 0.137. The Kier molecular flexibility index (Phi) is 9.16. The van der Waals surface area contributed by atoms with Crippen molar-refractivity contribution in [2.45, 2.75) is 30.4 Å². The minimum absolute atomic E-state index is 0.0462. The van der Waals surface area contributed by atoms with Gasteiger partial charge in [-0.15, -0.1) is 11.8 Å². The van der Waals surface area contributed by atoms with Crippen LogP contribution in [-0.2, 0) is 14.4 Å². The number of ketones is 1. The molecular formula is C35H29N3O5S. The standard InChI is InChI=1S/C35H29N3O5S/c1-22-8-6-7-11-26(22)20-30(37-33(41)25-9-4-3-5-10-25)34(42)36-27-14-18-29(19-15-27)44-31-21-32(40)38(35(31)43)28-16-12-24(13-17-28)23(2)39/h3-20,31H,21H2,1-2H3,(H,36,42)(H,37,41)/b30-20-. The van der Waals surface area contributed by atoms with Gasteiger partial charge in [0.2, 0.25) is 11.8 Å². The van der Waals surface area contributed by atoms with Gasteiger partial charge in [-0.3, -0.25) is 24.0 Å². The van der Waals surface area contributed by atoms with Crippen molar-refractivity contribution in [1.29, 1.82) is 0 Å². The van der Waals surface area contributed by atoms with Gasteiger partial charge >= 0.3 is 0 Å². The molecule has 8 nitrogen and oxygen atoms in total. The van der Waals surface area contributed by atoms with Crippen LogP contribution >= 0.6 is 11.8 Å². The number of hydrogen-bond donors (Lipinski definition) is 2. The molecule has 1 fully saturated rings. The van der Waals surface area contributed by atoms with E-state index in [9.17, 15) is 24.0 Å². The molecule has 1 saturated heterocycles. The van der Waals surface area contributed by atoms with E-state index >= 15 is 0 Å². The minimum Gasteiger partial charge on any atom is -0.321 e. The van der Waals surface area contributed by atoms with E-state index in [4.69, 9.17) is 0 Å². The van der Waals surface area contributed by atoms with E-state index in [1.807, 2.05) is 31.2 Å². The van der Waals surface area contributed by atoms with E-state index < -0.39 is 17.1 Å². The highest BCUT2D eigenvalue weighted by Gasteiger charge is 2.40. The molecule has 0 aromatic heterocycles. The van der Waals surface area contributed by atoms with Crippen LogP contribution < -0.4 is 15.5 Å². The molecule has 4 amide bonds. The molecule has 0 bridgehead atoms. The first kappa shape index (κ1) is 30.2. The monoisotopic (exact) mass is 603 g/mol. The number of nitrogens with one attached hydrogen (secondary N) is 2. The van der Waals surface area contributed by atoms with Gasteiger partial charge in [0, 0.05) is 28.1 Å². The Morgan fingerprint density at radius 3 is 2.14 bits per heavy atom. The van der Waals surface area contributed by atoms with Crippen LogP contribution in [0.5, 0.6) is 0 Å². The maximum atomic E-state index is 13.4. The van der Waals surface area contributed by atoms with Gasteiger partial charge in [0.25, 0.3) is 11.8 Å². The Labute approximate surface area is 259 Å². The van der Waals surface area contributed by atoms with Gasteiger partial charge in [0.1, 0.15) is 5.70 Å². The van der Waals surface area contributed by atoms with Crippen molar-refractivity contribution in [1.82, 2.24) is 5.32 Å². The van der Waals surface area contributed by atoms with Gasteiger partial charge in [0.05, 0.1) is 10.9 Å². The number of Topliss-reactive ketones (excluding diaryl/α,β-unsaturated/α-hetero) is 1. The number of rotatable bonds is 9. The SMILES string of the molecule is CC(=O)c1ccc(N2C(=O)CC(Sc3ccc(NC(=O)/C(=C/c4ccccc4C)NC(=O)c4ccccc4)cc3)C2=O)cc1. The summed E-state index contributed by atoms with van der Waals surface area (Å²) in [5.41, 5.74) is 3.66. The number of carbonyl (C=O) groups is 5. The first-order valence-corrected chi connectivity index (χ1v) is 14.8. The number of carbonyl (C=O) groups excluding carboxylic acids is 5. The number of anilines is 2. The third kappa shape index (κ3) is 7.02. The van der Waals surface area contributed by atoms with E-state index in [0.29, 0.717) is 22.5 Å². The van der Waals surface area contributed by atoms with Crippen LogP contribution in [0.4, 0.5) is 11.4 Å². The van der Waals surface area contributed by atoms with Gasteiger partial charge in [-0.25, -0.2) is 4.90 Å². The maximum Gasteiger partial charge on any atom is 0.272 e. The zero-order valence-corrected chi connectivity index (χ0v) is 24.9. The summed E-state index contributed by atoms with van der Waals surface area (Å²) < 4.78 is 0. The summed E-state index contributed by atoms with van der Waals surface area (Å²) in [4.78, 5) is 65.5. The number of nitrogens with zero attached hydrogens (tertiary/aromatic N) is 1. The fraction of sp³-hybridized carbons (Fsp3) is 0.114. The molecule has 1 atom stereocenters. The first-order valence-electron chi connectivity index (χ1n) is 13.9.